The SMILES string of the molecule is CC1(CCN2CCCNC2=O)OCCO1. The predicted octanol–water partition coefficient (Wildman–Crippen LogP) is 0.555. The van der Waals surface area contributed by atoms with Crippen LogP contribution in [-0.2, 0) is 9.47 Å². The van der Waals surface area contributed by atoms with E-state index < -0.39 is 5.79 Å². The highest BCUT2D eigenvalue weighted by molar-refractivity contribution is 5.74. The molecule has 2 aliphatic heterocycles. The summed E-state index contributed by atoms with van der Waals surface area (Å²) in [5, 5.41) is 2.83. The Balaban J connectivity index is 1.78. The third kappa shape index (κ3) is 2.60. The van der Waals surface area contributed by atoms with Crippen molar-refractivity contribution in [1.29, 1.82) is 0 Å². The van der Waals surface area contributed by atoms with E-state index >= 15 is 0 Å². The van der Waals surface area contributed by atoms with Crippen molar-refractivity contribution in [1.82, 2.24) is 10.2 Å². The molecule has 2 fully saturated rings. The summed E-state index contributed by atoms with van der Waals surface area (Å²) in [4.78, 5) is 13.3. The summed E-state index contributed by atoms with van der Waals surface area (Å²) in [5.41, 5.74) is 0. The first-order valence-corrected chi connectivity index (χ1v) is 5.50. The summed E-state index contributed by atoms with van der Waals surface area (Å²) in [6, 6.07) is 0.0304. The molecule has 0 aromatic heterocycles. The highest BCUT2D eigenvalue weighted by Crippen LogP contribution is 2.22. The molecule has 2 rings (SSSR count). The van der Waals surface area contributed by atoms with Crippen LogP contribution < -0.4 is 5.32 Å². The van der Waals surface area contributed by atoms with Crippen molar-refractivity contribution in [2.45, 2.75) is 25.6 Å². The second-order valence-corrected chi connectivity index (χ2v) is 4.15. The molecule has 86 valence electrons. The van der Waals surface area contributed by atoms with Crippen LogP contribution in [0.25, 0.3) is 0 Å². The lowest BCUT2D eigenvalue weighted by atomic mass is 10.2. The van der Waals surface area contributed by atoms with Crippen LogP contribution in [0.1, 0.15) is 19.8 Å². The summed E-state index contributed by atoms with van der Waals surface area (Å²) in [6.45, 7) is 5.57. The number of carbonyl (C=O) groups is 1. The fraction of sp³-hybridized carbons (Fsp3) is 0.900. The number of amides is 2. The lowest BCUT2D eigenvalue weighted by Gasteiger charge is -2.30. The summed E-state index contributed by atoms with van der Waals surface area (Å²) in [6.07, 6.45) is 1.75. The predicted molar refractivity (Wildman–Crippen MR) is 54.5 cm³/mol. The van der Waals surface area contributed by atoms with Gasteiger partial charge in [0.1, 0.15) is 0 Å². The molecule has 0 spiro atoms. The monoisotopic (exact) mass is 214 g/mol. The van der Waals surface area contributed by atoms with Crippen molar-refractivity contribution in [3.63, 3.8) is 0 Å². The van der Waals surface area contributed by atoms with E-state index in [1.807, 2.05) is 11.8 Å². The second kappa shape index (κ2) is 4.37. The molecule has 0 unspecified atom stereocenters. The van der Waals surface area contributed by atoms with Gasteiger partial charge in [-0.2, -0.15) is 0 Å². The molecule has 0 atom stereocenters. The Kier molecular flexibility index (Phi) is 3.11. The molecule has 0 aromatic rings. The second-order valence-electron chi connectivity index (χ2n) is 4.15. The number of ether oxygens (including phenoxy) is 2. The molecule has 0 saturated carbocycles. The molecule has 0 radical (unpaired) electrons. The molecule has 5 nitrogen and oxygen atoms in total. The standard InChI is InChI=1S/C10H18N2O3/c1-10(14-7-8-15-10)3-6-12-5-2-4-11-9(12)13/h2-8H2,1H3,(H,11,13). The fourth-order valence-electron chi connectivity index (χ4n) is 1.93. The largest absolute Gasteiger partial charge is 0.348 e. The quantitative estimate of drug-likeness (QED) is 0.746. The number of rotatable bonds is 3. The van der Waals surface area contributed by atoms with E-state index in [1.165, 1.54) is 0 Å². The van der Waals surface area contributed by atoms with E-state index in [0.29, 0.717) is 19.8 Å². The van der Waals surface area contributed by atoms with Crippen molar-refractivity contribution in [3.05, 3.63) is 0 Å². The lowest BCUT2D eigenvalue weighted by molar-refractivity contribution is -0.148. The molecule has 15 heavy (non-hydrogen) atoms. The molecule has 0 aliphatic carbocycles. The smallest absolute Gasteiger partial charge is 0.317 e. The van der Waals surface area contributed by atoms with Crippen molar-refractivity contribution in [3.8, 4) is 0 Å². The first-order valence-electron chi connectivity index (χ1n) is 5.50. The maximum Gasteiger partial charge on any atom is 0.317 e. The first kappa shape index (κ1) is 10.7. The minimum Gasteiger partial charge on any atom is -0.348 e. The zero-order valence-electron chi connectivity index (χ0n) is 9.12. The molecular formula is C10H18N2O3. The number of hydrogen-bond donors (Lipinski definition) is 1. The van der Waals surface area contributed by atoms with Gasteiger partial charge < -0.3 is 19.7 Å². The van der Waals surface area contributed by atoms with Gasteiger partial charge in [-0.05, 0) is 13.3 Å². The van der Waals surface area contributed by atoms with Crippen LogP contribution in [0, 0.1) is 0 Å². The Morgan fingerprint density at radius 2 is 2.20 bits per heavy atom. The van der Waals surface area contributed by atoms with Gasteiger partial charge in [0.15, 0.2) is 5.79 Å². The maximum atomic E-state index is 11.4. The molecule has 2 amide bonds. The normalized spacial score (nSPS) is 25.4. The van der Waals surface area contributed by atoms with Crippen LogP contribution in [0.4, 0.5) is 4.79 Å². The minimum absolute atomic E-state index is 0.0304. The molecule has 5 heteroatoms. The number of urea groups is 1. The lowest BCUT2D eigenvalue weighted by Crippen LogP contribution is -2.48. The first-order chi connectivity index (χ1) is 7.20. The van der Waals surface area contributed by atoms with E-state index in [-0.39, 0.29) is 6.03 Å². The highest BCUT2D eigenvalue weighted by Gasteiger charge is 2.32. The molecule has 2 heterocycles. The third-order valence-corrected chi connectivity index (χ3v) is 2.90. The average Bonchev–Trinajstić information content (AvgIpc) is 2.65. The summed E-state index contributed by atoms with van der Waals surface area (Å²) >= 11 is 0. The van der Waals surface area contributed by atoms with Crippen LogP contribution in [0.15, 0.2) is 0 Å². The van der Waals surface area contributed by atoms with Crippen molar-refractivity contribution < 1.29 is 14.3 Å². The van der Waals surface area contributed by atoms with Crippen LogP contribution in [0.2, 0.25) is 0 Å². The van der Waals surface area contributed by atoms with E-state index in [4.69, 9.17) is 9.47 Å². The van der Waals surface area contributed by atoms with E-state index in [2.05, 4.69) is 5.32 Å². The van der Waals surface area contributed by atoms with Gasteiger partial charge in [-0.1, -0.05) is 0 Å². The van der Waals surface area contributed by atoms with Gasteiger partial charge in [0.2, 0.25) is 0 Å². The van der Waals surface area contributed by atoms with Crippen LogP contribution in [0.5, 0.6) is 0 Å². The van der Waals surface area contributed by atoms with Crippen LogP contribution in [0.3, 0.4) is 0 Å². The Morgan fingerprint density at radius 1 is 1.47 bits per heavy atom. The average molecular weight is 214 g/mol. The topological polar surface area (TPSA) is 50.8 Å². The summed E-state index contributed by atoms with van der Waals surface area (Å²) < 4.78 is 11.0. The fourth-order valence-corrected chi connectivity index (χ4v) is 1.93. The molecule has 2 aliphatic rings. The Labute approximate surface area is 89.7 Å². The minimum atomic E-state index is -0.488. The summed E-state index contributed by atoms with van der Waals surface area (Å²) in [5.74, 6) is -0.488. The molecular weight excluding hydrogens is 196 g/mol. The Morgan fingerprint density at radius 3 is 2.87 bits per heavy atom. The molecule has 0 aromatic carbocycles. The van der Waals surface area contributed by atoms with Gasteiger partial charge in [-0.15, -0.1) is 0 Å². The van der Waals surface area contributed by atoms with Crippen LogP contribution >= 0.6 is 0 Å². The van der Waals surface area contributed by atoms with Gasteiger partial charge in [0, 0.05) is 26.1 Å². The highest BCUT2D eigenvalue weighted by atomic mass is 16.7. The van der Waals surface area contributed by atoms with Gasteiger partial charge in [0.25, 0.3) is 0 Å². The third-order valence-electron chi connectivity index (χ3n) is 2.90. The number of nitrogens with one attached hydrogen (secondary N) is 1. The van der Waals surface area contributed by atoms with Gasteiger partial charge in [-0.25, -0.2) is 4.79 Å². The summed E-state index contributed by atoms with van der Waals surface area (Å²) in [7, 11) is 0. The number of hydrogen-bond acceptors (Lipinski definition) is 3. The Bertz CT molecular complexity index is 239. The zero-order valence-corrected chi connectivity index (χ0v) is 9.12. The molecule has 2 saturated heterocycles. The van der Waals surface area contributed by atoms with Crippen molar-refractivity contribution in [2.24, 2.45) is 0 Å². The van der Waals surface area contributed by atoms with Gasteiger partial charge in [-0.3, -0.25) is 0 Å². The van der Waals surface area contributed by atoms with Gasteiger partial charge >= 0.3 is 6.03 Å². The van der Waals surface area contributed by atoms with E-state index in [9.17, 15) is 4.79 Å². The zero-order chi connectivity index (χ0) is 10.7. The number of carbonyl (C=O) groups excluding carboxylic acids is 1. The number of nitrogens with zero attached hydrogens (tertiary/aromatic N) is 1. The van der Waals surface area contributed by atoms with Crippen LogP contribution in [-0.4, -0.2) is 49.6 Å². The molecule has 1 N–H and O–H groups in total. The van der Waals surface area contributed by atoms with E-state index in [1.54, 1.807) is 0 Å². The van der Waals surface area contributed by atoms with Crippen molar-refractivity contribution >= 4 is 6.03 Å². The maximum absolute atomic E-state index is 11.4. The molecule has 0 bridgehead atoms. The van der Waals surface area contributed by atoms with Gasteiger partial charge in [0.05, 0.1) is 13.2 Å². The Hall–Kier alpha value is -0.810. The van der Waals surface area contributed by atoms with E-state index in [0.717, 1.165) is 25.9 Å². The van der Waals surface area contributed by atoms with Crippen molar-refractivity contribution in [2.75, 3.05) is 32.8 Å².